The van der Waals surface area contributed by atoms with Crippen LogP contribution < -0.4 is 14.8 Å². The van der Waals surface area contributed by atoms with Gasteiger partial charge < -0.3 is 14.8 Å². The molecule has 110 valence electrons. The first-order valence-electron chi connectivity index (χ1n) is 7.04. The Morgan fingerprint density at radius 3 is 2.29 bits per heavy atom. The maximum absolute atomic E-state index is 5.93. The number of rotatable bonds is 4. The molecule has 0 saturated heterocycles. The molecular formula is C17H18ClNO2. The van der Waals surface area contributed by atoms with Gasteiger partial charge in [-0.1, -0.05) is 29.8 Å². The standard InChI is InChI=1S/C17H18ClNO2/c1-11(13-3-6-15(18)7-4-13)19-12(2)14-5-8-16-17(9-14)21-10-20-16/h3-9,11-12,19H,10H2,1-2H3. The van der Waals surface area contributed by atoms with Crippen molar-refractivity contribution in [1.29, 1.82) is 0 Å². The smallest absolute Gasteiger partial charge is 0.231 e. The first kappa shape index (κ1) is 14.2. The van der Waals surface area contributed by atoms with Gasteiger partial charge in [0.25, 0.3) is 0 Å². The number of ether oxygens (including phenoxy) is 2. The highest BCUT2D eigenvalue weighted by molar-refractivity contribution is 6.30. The Bertz CT molecular complexity index is 627. The minimum Gasteiger partial charge on any atom is -0.454 e. The van der Waals surface area contributed by atoms with Gasteiger partial charge in [-0.15, -0.1) is 0 Å². The van der Waals surface area contributed by atoms with Gasteiger partial charge in [-0.05, 0) is 49.2 Å². The van der Waals surface area contributed by atoms with Crippen molar-refractivity contribution in [1.82, 2.24) is 5.32 Å². The van der Waals surface area contributed by atoms with Gasteiger partial charge in [0.15, 0.2) is 11.5 Å². The fraction of sp³-hybridized carbons (Fsp3) is 0.294. The second-order valence-corrected chi connectivity index (χ2v) is 5.71. The number of fused-ring (bicyclic) bond motifs is 1. The van der Waals surface area contributed by atoms with Crippen LogP contribution in [0, 0.1) is 0 Å². The molecule has 3 nitrogen and oxygen atoms in total. The Hall–Kier alpha value is -1.71. The third-order valence-electron chi connectivity index (χ3n) is 3.77. The van der Waals surface area contributed by atoms with Crippen LogP contribution in [0.1, 0.15) is 37.1 Å². The van der Waals surface area contributed by atoms with Crippen LogP contribution in [0.15, 0.2) is 42.5 Å². The lowest BCUT2D eigenvalue weighted by molar-refractivity contribution is 0.174. The molecule has 2 aromatic rings. The van der Waals surface area contributed by atoms with E-state index >= 15 is 0 Å². The molecule has 0 amide bonds. The molecule has 1 aliphatic rings. The van der Waals surface area contributed by atoms with E-state index in [1.165, 1.54) is 11.1 Å². The van der Waals surface area contributed by atoms with Gasteiger partial charge in [0, 0.05) is 17.1 Å². The molecule has 2 atom stereocenters. The van der Waals surface area contributed by atoms with Crippen LogP contribution in [0.3, 0.4) is 0 Å². The lowest BCUT2D eigenvalue weighted by Crippen LogP contribution is -2.22. The molecule has 0 aliphatic carbocycles. The first-order chi connectivity index (χ1) is 10.1. The number of halogens is 1. The summed E-state index contributed by atoms with van der Waals surface area (Å²) in [5.74, 6) is 1.64. The van der Waals surface area contributed by atoms with E-state index in [-0.39, 0.29) is 12.1 Å². The molecule has 0 aromatic heterocycles. The molecular weight excluding hydrogens is 286 g/mol. The molecule has 0 radical (unpaired) electrons. The van der Waals surface area contributed by atoms with E-state index in [2.05, 4.69) is 25.2 Å². The molecule has 0 spiro atoms. The Labute approximate surface area is 129 Å². The summed E-state index contributed by atoms with van der Waals surface area (Å²) in [5.41, 5.74) is 2.40. The highest BCUT2D eigenvalue weighted by atomic mass is 35.5. The predicted octanol–water partition coefficient (Wildman–Crippen LogP) is 4.48. The second kappa shape index (κ2) is 5.96. The average molecular weight is 304 g/mol. The van der Waals surface area contributed by atoms with E-state index in [4.69, 9.17) is 21.1 Å². The maximum Gasteiger partial charge on any atom is 0.231 e. The fourth-order valence-electron chi connectivity index (χ4n) is 2.50. The molecule has 4 heteroatoms. The van der Waals surface area contributed by atoms with Crippen LogP contribution in [0.2, 0.25) is 5.02 Å². The van der Waals surface area contributed by atoms with Crippen molar-refractivity contribution >= 4 is 11.6 Å². The number of nitrogens with one attached hydrogen (secondary N) is 1. The number of hydrogen-bond donors (Lipinski definition) is 1. The minimum atomic E-state index is 0.213. The SMILES string of the molecule is CC(NC(C)c1ccc2c(c1)OCO2)c1ccc(Cl)cc1. The largest absolute Gasteiger partial charge is 0.454 e. The highest BCUT2D eigenvalue weighted by Crippen LogP contribution is 2.34. The van der Waals surface area contributed by atoms with Crippen molar-refractivity contribution in [2.24, 2.45) is 0 Å². The van der Waals surface area contributed by atoms with Crippen LogP contribution in [-0.4, -0.2) is 6.79 Å². The van der Waals surface area contributed by atoms with Crippen molar-refractivity contribution in [3.63, 3.8) is 0 Å². The zero-order valence-electron chi connectivity index (χ0n) is 12.1. The average Bonchev–Trinajstić information content (AvgIpc) is 2.95. The monoisotopic (exact) mass is 303 g/mol. The lowest BCUT2D eigenvalue weighted by atomic mass is 10.0. The Morgan fingerprint density at radius 2 is 1.52 bits per heavy atom. The summed E-state index contributed by atoms with van der Waals surface area (Å²) in [6.07, 6.45) is 0. The van der Waals surface area contributed by atoms with Gasteiger partial charge in [0.1, 0.15) is 0 Å². The summed E-state index contributed by atoms with van der Waals surface area (Å²) in [5, 5.41) is 4.34. The molecule has 21 heavy (non-hydrogen) atoms. The Kier molecular flexibility index (Phi) is 4.04. The molecule has 0 bridgehead atoms. The van der Waals surface area contributed by atoms with Gasteiger partial charge >= 0.3 is 0 Å². The van der Waals surface area contributed by atoms with Gasteiger partial charge in [-0.2, -0.15) is 0 Å². The number of hydrogen-bond acceptors (Lipinski definition) is 3. The summed E-state index contributed by atoms with van der Waals surface area (Å²) < 4.78 is 10.8. The van der Waals surface area contributed by atoms with E-state index in [1.807, 2.05) is 36.4 Å². The highest BCUT2D eigenvalue weighted by Gasteiger charge is 2.17. The number of benzene rings is 2. The summed E-state index contributed by atoms with van der Waals surface area (Å²) >= 11 is 5.93. The van der Waals surface area contributed by atoms with Crippen LogP contribution in [0.5, 0.6) is 11.5 Å². The Morgan fingerprint density at radius 1 is 0.905 bits per heavy atom. The lowest BCUT2D eigenvalue weighted by Gasteiger charge is -2.21. The zero-order chi connectivity index (χ0) is 14.8. The fourth-order valence-corrected chi connectivity index (χ4v) is 2.63. The van der Waals surface area contributed by atoms with Crippen LogP contribution in [0.25, 0.3) is 0 Å². The molecule has 2 unspecified atom stereocenters. The summed E-state index contributed by atoms with van der Waals surface area (Å²) in [7, 11) is 0. The molecule has 1 aliphatic heterocycles. The summed E-state index contributed by atoms with van der Waals surface area (Å²) in [4.78, 5) is 0. The van der Waals surface area contributed by atoms with E-state index in [0.717, 1.165) is 16.5 Å². The molecule has 0 saturated carbocycles. The van der Waals surface area contributed by atoms with Gasteiger partial charge in [-0.25, -0.2) is 0 Å². The topological polar surface area (TPSA) is 30.5 Å². The van der Waals surface area contributed by atoms with Gasteiger partial charge in [0.05, 0.1) is 0 Å². The van der Waals surface area contributed by atoms with E-state index in [0.29, 0.717) is 6.79 Å². The van der Waals surface area contributed by atoms with E-state index in [1.54, 1.807) is 0 Å². The molecule has 1 N–H and O–H groups in total. The molecule has 3 rings (SSSR count). The van der Waals surface area contributed by atoms with Crippen molar-refractivity contribution < 1.29 is 9.47 Å². The molecule has 2 aromatic carbocycles. The van der Waals surface area contributed by atoms with Crippen LogP contribution in [-0.2, 0) is 0 Å². The zero-order valence-corrected chi connectivity index (χ0v) is 12.9. The molecule has 1 heterocycles. The third kappa shape index (κ3) is 3.14. The van der Waals surface area contributed by atoms with Crippen molar-refractivity contribution in [2.75, 3.05) is 6.79 Å². The summed E-state index contributed by atoms with van der Waals surface area (Å²) in [6.45, 7) is 4.60. The second-order valence-electron chi connectivity index (χ2n) is 5.27. The Balaban J connectivity index is 1.70. The van der Waals surface area contributed by atoms with Crippen molar-refractivity contribution in [3.05, 3.63) is 58.6 Å². The third-order valence-corrected chi connectivity index (χ3v) is 4.02. The van der Waals surface area contributed by atoms with Crippen LogP contribution >= 0.6 is 11.6 Å². The minimum absolute atomic E-state index is 0.213. The molecule has 0 fully saturated rings. The van der Waals surface area contributed by atoms with Crippen molar-refractivity contribution in [3.8, 4) is 11.5 Å². The summed E-state index contributed by atoms with van der Waals surface area (Å²) in [6, 6.07) is 14.4. The van der Waals surface area contributed by atoms with Gasteiger partial charge in [-0.3, -0.25) is 0 Å². The van der Waals surface area contributed by atoms with Gasteiger partial charge in [0.2, 0.25) is 6.79 Å². The quantitative estimate of drug-likeness (QED) is 0.903. The first-order valence-corrected chi connectivity index (χ1v) is 7.42. The van der Waals surface area contributed by atoms with Crippen molar-refractivity contribution in [2.45, 2.75) is 25.9 Å². The normalized spacial score (nSPS) is 15.8. The van der Waals surface area contributed by atoms with Crippen LogP contribution in [0.4, 0.5) is 0 Å². The maximum atomic E-state index is 5.93. The van der Waals surface area contributed by atoms with E-state index in [9.17, 15) is 0 Å². The van der Waals surface area contributed by atoms with E-state index < -0.39 is 0 Å². The predicted molar refractivity (Wildman–Crippen MR) is 84.0 cm³/mol.